The Morgan fingerprint density at radius 2 is 1.67 bits per heavy atom. The Morgan fingerprint density at radius 1 is 0.889 bits per heavy atom. The van der Waals surface area contributed by atoms with Gasteiger partial charge in [-0.1, -0.05) is 37.8 Å². The van der Waals surface area contributed by atoms with E-state index in [0.717, 1.165) is 40.2 Å². The summed E-state index contributed by atoms with van der Waals surface area (Å²) in [5.41, 5.74) is 6.66. The Hall–Kier alpha value is -4.09. The molecule has 0 atom stereocenters. The first-order valence-corrected chi connectivity index (χ1v) is 13.2. The first-order valence-electron chi connectivity index (χ1n) is 11.7. The topological polar surface area (TPSA) is 97.7 Å². The van der Waals surface area contributed by atoms with Gasteiger partial charge >= 0.3 is 0 Å². The molecule has 0 aliphatic heterocycles. The maximum absolute atomic E-state index is 13.0. The van der Waals surface area contributed by atoms with Crippen molar-refractivity contribution in [2.45, 2.75) is 45.4 Å². The third-order valence-electron chi connectivity index (χ3n) is 5.74. The van der Waals surface area contributed by atoms with Gasteiger partial charge in [-0.3, -0.25) is 14.7 Å². The average Bonchev–Trinajstić information content (AvgIpc) is 2.88. The smallest absolute Gasteiger partial charge is 0.261 e. The van der Waals surface area contributed by atoms with E-state index in [0.29, 0.717) is 23.4 Å². The summed E-state index contributed by atoms with van der Waals surface area (Å²) in [5.74, 6) is 6.33. The number of aryl methyl sites for hydroxylation is 4. The predicted octanol–water partition coefficient (Wildman–Crippen LogP) is 4.88. The fourth-order valence-electron chi connectivity index (χ4n) is 3.68. The zero-order valence-corrected chi connectivity index (χ0v) is 21.5. The zero-order valence-electron chi connectivity index (χ0n) is 20.7. The largest absolute Gasteiger partial charge is 0.278 e. The Labute approximate surface area is 212 Å². The number of nitrogens with one attached hydrogen (secondary N) is 1. The summed E-state index contributed by atoms with van der Waals surface area (Å²) in [5, 5.41) is 0. The van der Waals surface area contributed by atoms with Gasteiger partial charge in [-0.2, -0.15) is 0 Å². The van der Waals surface area contributed by atoms with E-state index in [4.69, 9.17) is 0 Å². The summed E-state index contributed by atoms with van der Waals surface area (Å²) in [6, 6.07) is 12.4. The molecule has 0 saturated carbocycles. The first kappa shape index (κ1) is 25.0. The number of pyridine rings is 2. The Morgan fingerprint density at radius 3 is 2.36 bits per heavy atom. The van der Waals surface area contributed by atoms with Gasteiger partial charge in [0.15, 0.2) is 0 Å². The second kappa shape index (κ2) is 10.7. The third-order valence-corrected chi connectivity index (χ3v) is 7.12. The number of sulfonamides is 1. The number of hydrogen-bond acceptors (Lipinski definition) is 6. The SMILES string of the molecule is CCc1ccc(S(=O)(=O)Nc2cc(C#Cc3c(CC)ncnc3-c3ccnc(C)c3)cnc2C)cc1. The van der Waals surface area contributed by atoms with Crippen LogP contribution < -0.4 is 4.72 Å². The minimum absolute atomic E-state index is 0.196. The van der Waals surface area contributed by atoms with Crippen molar-refractivity contribution in [1.82, 2.24) is 19.9 Å². The molecule has 3 heterocycles. The molecule has 182 valence electrons. The summed E-state index contributed by atoms with van der Waals surface area (Å²) >= 11 is 0. The van der Waals surface area contributed by atoms with Gasteiger partial charge in [-0.25, -0.2) is 18.4 Å². The van der Waals surface area contributed by atoms with Crippen molar-refractivity contribution in [1.29, 1.82) is 0 Å². The molecule has 36 heavy (non-hydrogen) atoms. The van der Waals surface area contributed by atoms with Crippen LogP contribution in [0.4, 0.5) is 5.69 Å². The molecule has 1 N–H and O–H groups in total. The van der Waals surface area contributed by atoms with Crippen molar-refractivity contribution in [3.05, 3.63) is 95.0 Å². The number of benzene rings is 1. The molecule has 7 nitrogen and oxygen atoms in total. The van der Waals surface area contributed by atoms with E-state index in [2.05, 4.69) is 36.5 Å². The lowest BCUT2D eigenvalue weighted by atomic mass is 10.0. The van der Waals surface area contributed by atoms with Crippen molar-refractivity contribution in [3.8, 4) is 23.1 Å². The molecule has 0 saturated heterocycles. The van der Waals surface area contributed by atoms with Crippen molar-refractivity contribution in [2.24, 2.45) is 0 Å². The van der Waals surface area contributed by atoms with Gasteiger partial charge in [0, 0.05) is 29.2 Å². The van der Waals surface area contributed by atoms with Crippen molar-refractivity contribution < 1.29 is 8.42 Å². The molecule has 4 aromatic rings. The normalized spacial score (nSPS) is 11.0. The molecular formula is C28H27N5O2S. The van der Waals surface area contributed by atoms with Crippen molar-refractivity contribution >= 4 is 15.7 Å². The highest BCUT2D eigenvalue weighted by molar-refractivity contribution is 7.92. The van der Waals surface area contributed by atoms with Crippen LogP contribution >= 0.6 is 0 Å². The maximum Gasteiger partial charge on any atom is 0.261 e. The zero-order chi connectivity index (χ0) is 25.7. The molecule has 0 spiro atoms. The lowest BCUT2D eigenvalue weighted by molar-refractivity contribution is 0.601. The van der Waals surface area contributed by atoms with E-state index in [1.807, 2.05) is 45.0 Å². The lowest BCUT2D eigenvalue weighted by Gasteiger charge is -2.11. The highest BCUT2D eigenvalue weighted by atomic mass is 32.2. The lowest BCUT2D eigenvalue weighted by Crippen LogP contribution is -2.14. The molecule has 8 heteroatoms. The summed E-state index contributed by atoms with van der Waals surface area (Å²) in [7, 11) is -3.77. The van der Waals surface area contributed by atoms with Gasteiger partial charge in [-0.15, -0.1) is 0 Å². The quantitative estimate of drug-likeness (QED) is 0.382. The molecular weight excluding hydrogens is 470 g/mol. The summed E-state index contributed by atoms with van der Waals surface area (Å²) in [6.45, 7) is 7.71. The minimum Gasteiger partial charge on any atom is -0.278 e. The molecule has 0 radical (unpaired) electrons. The number of nitrogens with zero attached hydrogens (tertiary/aromatic N) is 4. The van der Waals surface area contributed by atoms with Crippen LogP contribution in [0, 0.1) is 25.7 Å². The van der Waals surface area contributed by atoms with Crippen LogP contribution in [0.15, 0.2) is 66.1 Å². The van der Waals surface area contributed by atoms with E-state index in [1.165, 1.54) is 0 Å². The van der Waals surface area contributed by atoms with Crippen LogP contribution in [-0.4, -0.2) is 28.4 Å². The fraction of sp³-hybridized carbons (Fsp3) is 0.214. The Balaban J connectivity index is 1.69. The Kier molecular flexibility index (Phi) is 7.41. The van der Waals surface area contributed by atoms with E-state index in [9.17, 15) is 8.42 Å². The molecule has 1 aromatic carbocycles. The first-order chi connectivity index (χ1) is 17.3. The van der Waals surface area contributed by atoms with Crippen LogP contribution in [0.5, 0.6) is 0 Å². The van der Waals surface area contributed by atoms with E-state index >= 15 is 0 Å². The van der Waals surface area contributed by atoms with Crippen molar-refractivity contribution in [2.75, 3.05) is 4.72 Å². The van der Waals surface area contributed by atoms with Gasteiger partial charge in [0.05, 0.1) is 33.2 Å². The second-order valence-electron chi connectivity index (χ2n) is 8.29. The molecule has 3 aromatic heterocycles. The number of rotatable bonds is 6. The van der Waals surface area contributed by atoms with E-state index in [1.54, 1.807) is 43.8 Å². The van der Waals surface area contributed by atoms with Gasteiger partial charge in [0.1, 0.15) is 6.33 Å². The van der Waals surface area contributed by atoms with Gasteiger partial charge < -0.3 is 0 Å². The minimum atomic E-state index is -3.77. The molecule has 4 rings (SSSR count). The number of anilines is 1. The molecule has 0 bridgehead atoms. The van der Waals surface area contributed by atoms with E-state index in [-0.39, 0.29) is 4.90 Å². The summed E-state index contributed by atoms with van der Waals surface area (Å²) in [4.78, 5) is 17.7. The van der Waals surface area contributed by atoms with Crippen LogP contribution in [0.25, 0.3) is 11.3 Å². The predicted molar refractivity (Wildman–Crippen MR) is 141 cm³/mol. The van der Waals surface area contributed by atoms with Crippen LogP contribution in [0.3, 0.4) is 0 Å². The fourth-order valence-corrected chi connectivity index (χ4v) is 4.79. The standard InChI is InChI=1S/C28H27N5O2S/c1-5-21-7-10-24(11-8-21)36(34,35)33-27-16-22(17-30-20(27)4)9-12-25-26(6-2)31-18-32-28(25)23-13-14-29-19(3)15-23/h7-8,10-11,13-18,33H,5-6H2,1-4H3. The number of aromatic nitrogens is 4. The van der Waals surface area contributed by atoms with Crippen molar-refractivity contribution in [3.63, 3.8) is 0 Å². The van der Waals surface area contributed by atoms with Gasteiger partial charge in [-0.05, 0) is 62.6 Å². The number of hydrogen-bond donors (Lipinski definition) is 1. The van der Waals surface area contributed by atoms with Crippen LogP contribution in [0.2, 0.25) is 0 Å². The third kappa shape index (κ3) is 5.58. The van der Waals surface area contributed by atoms with Crippen LogP contribution in [0.1, 0.15) is 47.6 Å². The highest BCUT2D eigenvalue weighted by Gasteiger charge is 2.16. The molecule has 0 aliphatic carbocycles. The molecule has 0 amide bonds. The Bertz CT molecular complexity index is 1570. The molecule has 0 unspecified atom stereocenters. The average molecular weight is 498 g/mol. The van der Waals surface area contributed by atoms with Gasteiger partial charge in [0.2, 0.25) is 0 Å². The summed E-state index contributed by atoms with van der Waals surface area (Å²) < 4.78 is 28.6. The molecule has 0 fully saturated rings. The highest BCUT2D eigenvalue weighted by Crippen LogP contribution is 2.24. The second-order valence-corrected chi connectivity index (χ2v) is 9.98. The molecule has 0 aliphatic rings. The monoisotopic (exact) mass is 497 g/mol. The maximum atomic E-state index is 13.0. The van der Waals surface area contributed by atoms with E-state index < -0.39 is 10.0 Å². The van der Waals surface area contributed by atoms with Crippen LogP contribution in [-0.2, 0) is 22.9 Å². The summed E-state index contributed by atoms with van der Waals surface area (Å²) in [6.07, 6.45) is 6.45. The van der Waals surface area contributed by atoms with Gasteiger partial charge in [0.25, 0.3) is 10.0 Å².